The summed E-state index contributed by atoms with van der Waals surface area (Å²) in [4.78, 5) is 106. The molecule has 0 fully saturated rings. The van der Waals surface area contributed by atoms with Gasteiger partial charge in [0.05, 0.1) is 118 Å². The molecule has 0 saturated heterocycles. The molecule has 0 saturated carbocycles. The molecule has 0 aliphatic rings. The highest BCUT2D eigenvalue weighted by Crippen LogP contribution is 2.21. The van der Waals surface area contributed by atoms with E-state index in [-0.39, 0.29) is 94.8 Å². The predicted octanol–water partition coefficient (Wildman–Crippen LogP) is 4.52. The van der Waals surface area contributed by atoms with Crippen LogP contribution < -0.4 is 21.3 Å². The average molecular weight is 1140 g/mol. The van der Waals surface area contributed by atoms with E-state index < -0.39 is 84.7 Å². The van der Waals surface area contributed by atoms with E-state index in [9.17, 15) is 43.5 Å². The topological polar surface area (TPSA) is 288 Å². The zero-order valence-electron chi connectivity index (χ0n) is 49.2. The molecule has 0 unspecified atom stereocenters. The number of amides is 4. The molecule has 22 nitrogen and oxygen atoms in total. The lowest BCUT2D eigenvalue weighted by atomic mass is 9.87. The summed E-state index contributed by atoms with van der Waals surface area (Å²) in [5.41, 5.74) is 0.763. The molecule has 80 heavy (non-hydrogen) atoms. The van der Waals surface area contributed by atoms with Crippen molar-refractivity contribution in [3.05, 3.63) is 35.9 Å². The van der Waals surface area contributed by atoms with Gasteiger partial charge in [0.1, 0.15) is 18.4 Å². The predicted molar refractivity (Wildman–Crippen MR) is 298 cm³/mol. The number of Topliss-reactive ketones (excluding diaryl/α,β-unsaturated/α-hetero) is 4. The number of aliphatic hydroxyl groups excluding tert-OH is 1. The maximum Gasteiger partial charge on any atom is 0.408 e. The summed E-state index contributed by atoms with van der Waals surface area (Å²) < 4.78 is 49.4. The largest absolute Gasteiger partial charge is 0.445 e. The van der Waals surface area contributed by atoms with Crippen molar-refractivity contribution in [1.82, 2.24) is 21.3 Å². The van der Waals surface area contributed by atoms with E-state index in [1.54, 1.807) is 26.0 Å². The lowest BCUT2D eigenvalue weighted by Crippen LogP contribution is -2.47. The third kappa shape index (κ3) is 39.6. The number of hydrogen-bond acceptors (Lipinski definition) is 18. The summed E-state index contributed by atoms with van der Waals surface area (Å²) in [5.74, 6) is -4.18. The van der Waals surface area contributed by atoms with E-state index in [0.29, 0.717) is 91.8 Å². The van der Waals surface area contributed by atoms with Crippen LogP contribution in [0.5, 0.6) is 0 Å². The van der Waals surface area contributed by atoms with Crippen LogP contribution in [0.1, 0.15) is 119 Å². The summed E-state index contributed by atoms with van der Waals surface area (Å²) >= 11 is 0. The van der Waals surface area contributed by atoms with Crippen LogP contribution in [0.2, 0.25) is 0 Å². The quantitative estimate of drug-likeness (QED) is 0.0561. The fourth-order valence-electron chi connectivity index (χ4n) is 7.59. The zero-order valence-corrected chi connectivity index (χ0v) is 49.2. The summed E-state index contributed by atoms with van der Waals surface area (Å²) in [5, 5.41) is 20.4. The lowest BCUT2D eigenvalue weighted by Gasteiger charge is -2.25. The fourth-order valence-corrected chi connectivity index (χ4v) is 7.59. The minimum Gasteiger partial charge on any atom is -0.445 e. The summed E-state index contributed by atoms with van der Waals surface area (Å²) in [6, 6.07) is 5.57. The third-order valence-electron chi connectivity index (χ3n) is 11.9. The lowest BCUT2D eigenvalue weighted by molar-refractivity contribution is -0.134. The Bertz CT molecular complexity index is 1870. The molecule has 1 aromatic rings. The van der Waals surface area contributed by atoms with Gasteiger partial charge in [0, 0.05) is 63.5 Å². The van der Waals surface area contributed by atoms with Gasteiger partial charge in [-0.1, -0.05) is 85.7 Å². The minimum atomic E-state index is -1.28. The smallest absolute Gasteiger partial charge is 0.408 e. The van der Waals surface area contributed by atoms with Crippen LogP contribution in [-0.2, 0) is 82.8 Å². The maximum absolute atomic E-state index is 14.1. The molecule has 0 aliphatic carbocycles. The van der Waals surface area contributed by atoms with Crippen LogP contribution in [0.25, 0.3) is 0 Å². The van der Waals surface area contributed by atoms with E-state index in [4.69, 9.17) is 42.6 Å². The summed E-state index contributed by atoms with van der Waals surface area (Å²) in [6.07, 6.45) is -1.88. The molecular formula is C58H98N4O18. The highest BCUT2D eigenvalue weighted by molar-refractivity contribution is 5.96. The Balaban J connectivity index is 2.66. The molecule has 5 N–H and O–H groups in total. The zero-order chi connectivity index (χ0) is 59.3. The molecule has 22 heteroatoms. The second-order valence-electron chi connectivity index (χ2n) is 20.9. The number of aliphatic hydroxyl groups is 1. The first kappa shape index (κ1) is 73.2. The molecule has 0 aromatic heterocycles. The molecule has 0 heterocycles. The maximum atomic E-state index is 14.1. The van der Waals surface area contributed by atoms with Crippen molar-refractivity contribution in [3.8, 4) is 0 Å². The Labute approximate surface area is 475 Å². The third-order valence-corrected chi connectivity index (χ3v) is 11.9. The number of ketones is 4. The Morgan fingerprint density at radius 1 is 0.463 bits per heavy atom. The van der Waals surface area contributed by atoms with Crippen molar-refractivity contribution < 1.29 is 86.1 Å². The van der Waals surface area contributed by atoms with Gasteiger partial charge in [0.2, 0.25) is 17.7 Å². The number of carbonyl (C=O) groups excluding carboxylic acids is 8. The van der Waals surface area contributed by atoms with Gasteiger partial charge in [-0.25, -0.2) is 4.79 Å². The van der Waals surface area contributed by atoms with Crippen LogP contribution in [0, 0.1) is 29.6 Å². The number of nitrogens with one attached hydrogen (secondary N) is 4. The first-order valence-corrected chi connectivity index (χ1v) is 28.5. The number of benzene rings is 1. The molecule has 1 rings (SSSR count). The minimum absolute atomic E-state index is 0.00662. The number of alkyl carbamates (subject to hydrolysis) is 1. The first-order valence-electron chi connectivity index (χ1n) is 28.5. The van der Waals surface area contributed by atoms with Gasteiger partial charge in [0.25, 0.3) is 0 Å². The molecule has 0 aliphatic heterocycles. The van der Waals surface area contributed by atoms with E-state index in [1.165, 1.54) is 0 Å². The highest BCUT2D eigenvalue weighted by Gasteiger charge is 2.32. The molecule has 458 valence electrons. The van der Waals surface area contributed by atoms with Gasteiger partial charge >= 0.3 is 6.09 Å². The van der Waals surface area contributed by atoms with E-state index >= 15 is 0 Å². The second kappa shape index (κ2) is 46.8. The molecule has 4 atom stereocenters. The standard InChI is InChI=1S/C58H98N4O18/c1-42(2)36-47(38-54(67)49(37-43(3)4)62-58(71)80-41-46-12-10-9-11-13-46)57(70)61-48(52(65)17-19-56(69)60-50(39-63)53(66)16-15-51(64)45(7)8)14-18-55(68)59-20-21-72-22-23-73-24-25-74-26-27-75-28-29-76-30-31-77-32-33-78-34-35-79-40-44(5)6/h9-13,42-45,47-50,63H,14-41H2,1-8H3,(H,59,68)(H,60,69)(H,61,70)(H,62,71)/t47-,48+,49+,50+/m1/s1. The van der Waals surface area contributed by atoms with Crippen LogP contribution in [0.3, 0.4) is 0 Å². The van der Waals surface area contributed by atoms with Crippen LogP contribution in [0.15, 0.2) is 30.3 Å². The molecule has 0 bridgehead atoms. The van der Waals surface area contributed by atoms with E-state index in [2.05, 4.69) is 35.1 Å². The molecule has 1 aromatic carbocycles. The van der Waals surface area contributed by atoms with Crippen molar-refractivity contribution in [2.75, 3.05) is 119 Å². The van der Waals surface area contributed by atoms with Crippen LogP contribution >= 0.6 is 0 Å². The highest BCUT2D eigenvalue weighted by atomic mass is 16.6. The number of rotatable bonds is 52. The Morgan fingerprint density at radius 3 is 1.43 bits per heavy atom. The SMILES string of the molecule is CC(C)COCCOCCOCCOCCOCCOCCOCCOCCNC(=O)CC[C@H](NC(=O)[C@@H](CC(=O)[C@H](CC(C)C)NC(=O)OCc1ccccc1)CC(C)C)C(=O)CCC(=O)N[C@@H](CO)C(=O)CCC(=O)C(C)C. The Hall–Kier alpha value is -4.78. The monoisotopic (exact) mass is 1140 g/mol. The molecule has 0 radical (unpaired) electrons. The van der Waals surface area contributed by atoms with Gasteiger partial charge in [-0.05, 0) is 42.6 Å². The normalized spacial score (nSPS) is 13.0. The van der Waals surface area contributed by atoms with E-state index in [0.717, 1.165) is 12.2 Å². The van der Waals surface area contributed by atoms with Gasteiger partial charge in [0.15, 0.2) is 17.3 Å². The molecule has 0 spiro atoms. The number of ether oxygens (including phenoxy) is 9. The van der Waals surface area contributed by atoms with Gasteiger partial charge in [-0.15, -0.1) is 0 Å². The van der Waals surface area contributed by atoms with Crippen molar-refractivity contribution in [3.63, 3.8) is 0 Å². The number of carbonyl (C=O) groups is 8. The summed E-state index contributed by atoms with van der Waals surface area (Å²) in [6.45, 7) is 21.5. The van der Waals surface area contributed by atoms with Crippen molar-refractivity contribution in [2.45, 2.75) is 138 Å². The van der Waals surface area contributed by atoms with E-state index in [1.807, 2.05) is 45.9 Å². The van der Waals surface area contributed by atoms with Gasteiger partial charge < -0.3 is 69.0 Å². The fraction of sp³-hybridized carbons (Fsp3) is 0.759. The summed E-state index contributed by atoms with van der Waals surface area (Å²) in [7, 11) is 0. The Kier molecular flexibility index (Phi) is 42.8. The van der Waals surface area contributed by atoms with Gasteiger partial charge in [-0.3, -0.25) is 33.6 Å². The molecule has 4 amide bonds. The molecular weight excluding hydrogens is 1040 g/mol. The Morgan fingerprint density at radius 2 is 0.938 bits per heavy atom. The average Bonchev–Trinajstić information content (AvgIpc) is 3.41. The van der Waals surface area contributed by atoms with Crippen LogP contribution in [-0.4, -0.2) is 189 Å². The van der Waals surface area contributed by atoms with Crippen molar-refractivity contribution in [1.29, 1.82) is 0 Å². The second-order valence-corrected chi connectivity index (χ2v) is 20.9. The van der Waals surface area contributed by atoms with Crippen molar-refractivity contribution >= 4 is 46.9 Å². The van der Waals surface area contributed by atoms with Crippen molar-refractivity contribution in [2.24, 2.45) is 29.6 Å². The number of hydrogen-bond donors (Lipinski definition) is 5. The van der Waals surface area contributed by atoms with Gasteiger partial charge in [-0.2, -0.15) is 0 Å². The van der Waals surface area contributed by atoms with Crippen LogP contribution in [0.4, 0.5) is 4.79 Å². The first-order chi connectivity index (χ1) is 38.3.